The predicted molar refractivity (Wildman–Crippen MR) is 73.9 cm³/mol. The normalized spacial score (nSPS) is 15.9. The molecule has 1 heterocycles. The van der Waals surface area contributed by atoms with Crippen molar-refractivity contribution in [3.63, 3.8) is 0 Å². The van der Waals surface area contributed by atoms with Gasteiger partial charge in [-0.2, -0.15) is 0 Å². The molecule has 0 amide bonds. The third-order valence-corrected chi connectivity index (χ3v) is 3.50. The largest absolute Gasteiger partial charge is 0.462 e. The Morgan fingerprint density at radius 3 is 2.74 bits per heavy atom. The Bertz CT molecular complexity index is 382. The zero-order valence-corrected chi connectivity index (χ0v) is 12.2. The molecule has 0 aromatic carbocycles. The molecule has 4 nitrogen and oxygen atoms in total. The van der Waals surface area contributed by atoms with Crippen LogP contribution in [0.2, 0.25) is 0 Å². The average molecular weight is 267 g/mol. The van der Waals surface area contributed by atoms with E-state index in [2.05, 4.69) is 19.2 Å². The second-order valence-corrected chi connectivity index (χ2v) is 5.79. The molecule has 0 bridgehead atoms. The van der Waals surface area contributed by atoms with Crippen LogP contribution >= 0.6 is 0 Å². The van der Waals surface area contributed by atoms with E-state index in [0.29, 0.717) is 19.3 Å². The summed E-state index contributed by atoms with van der Waals surface area (Å²) in [6, 6.07) is 4.72. The van der Waals surface area contributed by atoms with Crippen LogP contribution in [0.4, 0.5) is 0 Å². The van der Waals surface area contributed by atoms with Crippen LogP contribution in [0.1, 0.15) is 44.6 Å². The molecular weight excluding hydrogens is 242 g/mol. The van der Waals surface area contributed by atoms with Crippen LogP contribution < -0.4 is 5.32 Å². The number of furan rings is 1. The minimum Gasteiger partial charge on any atom is -0.462 e. The molecule has 108 valence electrons. The van der Waals surface area contributed by atoms with Crippen molar-refractivity contribution in [3.05, 3.63) is 23.7 Å². The number of hydrogen-bond donors (Lipinski definition) is 1. The Hall–Kier alpha value is -0.840. The monoisotopic (exact) mass is 267 g/mol. The molecule has 1 aliphatic rings. The van der Waals surface area contributed by atoms with E-state index in [9.17, 15) is 0 Å². The van der Waals surface area contributed by atoms with E-state index in [0.717, 1.165) is 24.5 Å². The van der Waals surface area contributed by atoms with Crippen molar-refractivity contribution >= 4 is 0 Å². The number of methoxy groups -OCH3 is 1. The summed E-state index contributed by atoms with van der Waals surface area (Å²) < 4.78 is 16.7. The van der Waals surface area contributed by atoms with Gasteiger partial charge >= 0.3 is 0 Å². The first-order valence-electron chi connectivity index (χ1n) is 7.03. The summed E-state index contributed by atoms with van der Waals surface area (Å²) in [5, 5.41) is 3.43. The molecule has 1 aromatic heterocycles. The molecular formula is C15H25NO3. The van der Waals surface area contributed by atoms with Gasteiger partial charge in [-0.05, 0) is 45.2 Å². The Labute approximate surface area is 115 Å². The van der Waals surface area contributed by atoms with Crippen LogP contribution in [0.3, 0.4) is 0 Å². The molecule has 0 spiro atoms. The number of rotatable bonds is 9. The van der Waals surface area contributed by atoms with E-state index in [-0.39, 0.29) is 5.60 Å². The molecule has 0 atom stereocenters. The maximum atomic E-state index is 5.70. The van der Waals surface area contributed by atoms with Crippen LogP contribution in [0, 0.1) is 0 Å². The second kappa shape index (κ2) is 6.55. The van der Waals surface area contributed by atoms with Gasteiger partial charge < -0.3 is 19.2 Å². The van der Waals surface area contributed by atoms with Crippen molar-refractivity contribution in [1.29, 1.82) is 0 Å². The fourth-order valence-electron chi connectivity index (χ4n) is 1.72. The highest BCUT2D eigenvalue weighted by atomic mass is 16.5. The Morgan fingerprint density at radius 1 is 1.32 bits per heavy atom. The SMILES string of the molecule is COC(C)(C)CCOCc1ccc(CNC2CC2)o1. The number of nitrogens with one attached hydrogen (secondary N) is 1. The Morgan fingerprint density at radius 2 is 2.05 bits per heavy atom. The number of ether oxygens (including phenoxy) is 2. The summed E-state index contributed by atoms with van der Waals surface area (Å²) in [5.41, 5.74) is -0.123. The van der Waals surface area contributed by atoms with Crippen molar-refractivity contribution < 1.29 is 13.9 Å². The summed E-state index contributed by atoms with van der Waals surface area (Å²) in [6.45, 7) is 6.15. The van der Waals surface area contributed by atoms with Gasteiger partial charge in [0.05, 0.1) is 12.1 Å². The van der Waals surface area contributed by atoms with E-state index in [1.807, 2.05) is 12.1 Å². The minimum atomic E-state index is -0.123. The van der Waals surface area contributed by atoms with Crippen molar-refractivity contribution in [2.24, 2.45) is 0 Å². The Kier molecular flexibility index (Phi) is 5.02. The lowest BCUT2D eigenvalue weighted by atomic mass is 10.1. The summed E-state index contributed by atoms with van der Waals surface area (Å²) >= 11 is 0. The molecule has 1 N–H and O–H groups in total. The standard InChI is InChI=1S/C15H25NO3/c1-15(2,17-3)8-9-18-11-14-7-6-13(19-14)10-16-12-4-5-12/h6-7,12,16H,4-5,8-11H2,1-3H3. The summed E-state index contributed by atoms with van der Waals surface area (Å²) in [5.74, 6) is 1.88. The van der Waals surface area contributed by atoms with Gasteiger partial charge in [0.15, 0.2) is 0 Å². The maximum Gasteiger partial charge on any atom is 0.129 e. The van der Waals surface area contributed by atoms with Gasteiger partial charge in [-0.15, -0.1) is 0 Å². The molecule has 1 fully saturated rings. The first-order chi connectivity index (χ1) is 9.09. The highest BCUT2D eigenvalue weighted by molar-refractivity contribution is 5.06. The fraction of sp³-hybridized carbons (Fsp3) is 0.733. The Balaban J connectivity index is 1.62. The molecule has 1 saturated carbocycles. The molecule has 1 aromatic rings. The first-order valence-corrected chi connectivity index (χ1v) is 7.03. The molecule has 4 heteroatoms. The lowest BCUT2D eigenvalue weighted by molar-refractivity contribution is -0.0144. The zero-order valence-electron chi connectivity index (χ0n) is 12.2. The highest BCUT2D eigenvalue weighted by Crippen LogP contribution is 2.20. The summed E-state index contributed by atoms with van der Waals surface area (Å²) in [6.07, 6.45) is 3.47. The lowest BCUT2D eigenvalue weighted by Crippen LogP contribution is -2.24. The highest BCUT2D eigenvalue weighted by Gasteiger charge is 2.20. The topological polar surface area (TPSA) is 43.6 Å². The molecule has 0 aliphatic heterocycles. The summed E-state index contributed by atoms with van der Waals surface area (Å²) in [7, 11) is 1.73. The van der Waals surface area contributed by atoms with Gasteiger partial charge in [0.1, 0.15) is 18.1 Å². The average Bonchev–Trinajstić information content (AvgIpc) is 3.11. The van der Waals surface area contributed by atoms with E-state index in [1.165, 1.54) is 12.8 Å². The van der Waals surface area contributed by atoms with Crippen LogP contribution in [0.25, 0.3) is 0 Å². The molecule has 1 aliphatic carbocycles. The fourth-order valence-corrected chi connectivity index (χ4v) is 1.72. The first kappa shape index (κ1) is 14.6. The predicted octanol–water partition coefficient (Wildman–Crippen LogP) is 2.86. The molecule has 0 saturated heterocycles. The second-order valence-electron chi connectivity index (χ2n) is 5.79. The van der Waals surface area contributed by atoms with Gasteiger partial charge in [-0.25, -0.2) is 0 Å². The zero-order chi connectivity index (χ0) is 13.7. The summed E-state index contributed by atoms with van der Waals surface area (Å²) in [4.78, 5) is 0. The van der Waals surface area contributed by atoms with Crippen molar-refractivity contribution in [2.75, 3.05) is 13.7 Å². The van der Waals surface area contributed by atoms with Crippen molar-refractivity contribution in [2.45, 2.75) is 57.9 Å². The quantitative estimate of drug-likeness (QED) is 0.699. The van der Waals surface area contributed by atoms with Crippen LogP contribution in [0.5, 0.6) is 0 Å². The van der Waals surface area contributed by atoms with Gasteiger partial charge in [-0.3, -0.25) is 0 Å². The van der Waals surface area contributed by atoms with Crippen LogP contribution in [-0.2, 0) is 22.6 Å². The van der Waals surface area contributed by atoms with E-state index >= 15 is 0 Å². The number of hydrogen-bond acceptors (Lipinski definition) is 4. The molecule has 0 radical (unpaired) electrons. The van der Waals surface area contributed by atoms with Crippen LogP contribution in [-0.4, -0.2) is 25.4 Å². The lowest BCUT2D eigenvalue weighted by Gasteiger charge is -2.22. The van der Waals surface area contributed by atoms with E-state index in [1.54, 1.807) is 7.11 Å². The van der Waals surface area contributed by atoms with Crippen molar-refractivity contribution in [3.8, 4) is 0 Å². The smallest absolute Gasteiger partial charge is 0.129 e. The van der Waals surface area contributed by atoms with Gasteiger partial charge in [-0.1, -0.05) is 0 Å². The molecule has 2 rings (SSSR count). The van der Waals surface area contributed by atoms with Gasteiger partial charge in [0.25, 0.3) is 0 Å². The minimum absolute atomic E-state index is 0.123. The van der Waals surface area contributed by atoms with Crippen molar-refractivity contribution in [1.82, 2.24) is 5.32 Å². The molecule has 19 heavy (non-hydrogen) atoms. The van der Waals surface area contributed by atoms with E-state index < -0.39 is 0 Å². The van der Waals surface area contributed by atoms with E-state index in [4.69, 9.17) is 13.9 Å². The van der Waals surface area contributed by atoms with Crippen LogP contribution in [0.15, 0.2) is 16.5 Å². The van der Waals surface area contributed by atoms with Gasteiger partial charge in [0.2, 0.25) is 0 Å². The third-order valence-electron chi connectivity index (χ3n) is 3.50. The maximum absolute atomic E-state index is 5.70. The van der Waals surface area contributed by atoms with Gasteiger partial charge in [0, 0.05) is 19.8 Å². The third kappa shape index (κ3) is 5.35. The molecule has 0 unspecified atom stereocenters.